The first kappa shape index (κ1) is 16.5. The molecule has 1 aliphatic carbocycles. The summed E-state index contributed by atoms with van der Waals surface area (Å²) in [6.07, 6.45) is 5.09. The molecule has 2 atom stereocenters. The molecular formula is C19H20N4O3. The zero-order chi connectivity index (χ0) is 18.1. The maximum Gasteiger partial charge on any atom is 0.313 e. The molecule has 1 aliphatic heterocycles. The van der Waals surface area contributed by atoms with E-state index in [0.717, 1.165) is 17.6 Å². The number of aromatic nitrogens is 3. The number of carbonyl (C=O) groups excluding carboxylic acids is 2. The van der Waals surface area contributed by atoms with Crippen LogP contribution in [0.15, 0.2) is 49.1 Å². The minimum Gasteiger partial charge on any atom is -0.465 e. The number of hydrogen-bond donors (Lipinski definition) is 1. The zero-order valence-corrected chi connectivity index (χ0v) is 14.4. The molecule has 0 radical (unpaired) electrons. The van der Waals surface area contributed by atoms with Gasteiger partial charge in [0.15, 0.2) is 0 Å². The van der Waals surface area contributed by atoms with E-state index in [1.165, 1.54) is 17.3 Å². The number of ether oxygens (including phenoxy) is 1. The molecule has 0 bridgehead atoms. The maximum atomic E-state index is 12.4. The molecule has 1 amide bonds. The largest absolute Gasteiger partial charge is 0.465 e. The van der Waals surface area contributed by atoms with Crippen molar-refractivity contribution in [1.82, 2.24) is 14.8 Å². The van der Waals surface area contributed by atoms with Gasteiger partial charge in [0.2, 0.25) is 5.91 Å². The number of amides is 1. The third-order valence-electron chi connectivity index (χ3n) is 5.23. The van der Waals surface area contributed by atoms with Crippen molar-refractivity contribution in [3.63, 3.8) is 0 Å². The monoisotopic (exact) mass is 352 g/mol. The van der Waals surface area contributed by atoms with Crippen LogP contribution in [-0.2, 0) is 27.3 Å². The summed E-state index contributed by atoms with van der Waals surface area (Å²) in [5.74, 6) is -0.0516. The van der Waals surface area contributed by atoms with Gasteiger partial charge in [-0.3, -0.25) is 9.59 Å². The first-order valence-electron chi connectivity index (χ1n) is 8.60. The first-order chi connectivity index (χ1) is 12.5. The van der Waals surface area contributed by atoms with Gasteiger partial charge < -0.3 is 10.1 Å². The Labute approximate surface area is 151 Å². The highest BCUT2D eigenvalue weighted by Crippen LogP contribution is 2.52. The normalized spacial score (nSPS) is 24.4. The molecule has 1 N–H and O–H groups in total. The summed E-state index contributed by atoms with van der Waals surface area (Å²) >= 11 is 0. The fourth-order valence-corrected chi connectivity index (χ4v) is 3.99. The standard InChI is InChI=1S/C19H20N4O3/c1-13-6-15-10-26-18(25)19(15,7-13)8-14-2-4-16(5-3-14)22-17(24)9-23-12-20-11-21-23/h2-5,11-12,15H,1,6-10H2,(H,22,24). The van der Waals surface area contributed by atoms with Gasteiger partial charge in [-0.25, -0.2) is 9.67 Å². The van der Waals surface area contributed by atoms with Gasteiger partial charge in [-0.1, -0.05) is 24.3 Å². The topological polar surface area (TPSA) is 86.1 Å². The van der Waals surface area contributed by atoms with E-state index in [4.69, 9.17) is 4.74 Å². The third kappa shape index (κ3) is 3.00. The minimum atomic E-state index is -0.463. The van der Waals surface area contributed by atoms with Crippen LogP contribution in [0.25, 0.3) is 0 Å². The lowest BCUT2D eigenvalue weighted by atomic mass is 9.75. The average molecular weight is 352 g/mol. The molecule has 7 heteroatoms. The number of carbonyl (C=O) groups is 2. The molecule has 134 valence electrons. The van der Waals surface area contributed by atoms with E-state index >= 15 is 0 Å². The highest BCUT2D eigenvalue weighted by atomic mass is 16.5. The van der Waals surface area contributed by atoms with Crippen molar-refractivity contribution in [3.8, 4) is 0 Å². The molecule has 2 heterocycles. The Morgan fingerprint density at radius 1 is 1.38 bits per heavy atom. The maximum absolute atomic E-state index is 12.4. The van der Waals surface area contributed by atoms with Crippen LogP contribution in [0.2, 0.25) is 0 Å². The van der Waals surface area contributed by atoms with E-state index < -0.39 is 5.41 Å². The average Bonchev–Trinajstić information content (AvgIpc) is 3.28. The van der Waals surface area contributed by atoms with Crippen LogP contribution in [0.5, 0.6) is 0 Å². The van der Waals surface area contributed by atoms with Gasteiger partial charge in [-0.15, -0.1) is 0 Å². The summed E-state index contributed by atoms with van der Waals surface area (Å²) in [6.45, 7) is 4.67. The smallest absolute Gasteiger partial charge is 0.313 e. The summed E-state index contributed by atoms with van der Waals surface area (Å²) in [5, 5.41) is 6.73. The number of esters is 1. The molecular weight excluding hydrogens is 332 g/mol. The number of allylic oxidation sites excluding steroid dienone is 1. The van der Waals surface area contributed by atoms with E-state index in [1.807, 2.05) is 24.3 Å². The second-order valence-corrected chi connectivity index (χ2v) is 7.10. The van der Waals surface area contributed by atoms with Crippen LogP contribution in [0.4, 0.5) is 5.69 Å². The SMILES string of the molecule is C=C1CC2COC(=O)C2(Cc2ccc(NC(=O)Cn3cncn3)cc2)C1. The van der Waals surface area contributed by atoms with Gasteiger partial charge in [0.1, 0.15) is 19.2 Å². The van der Waals surface area contributed by atoms with Crippen LogP contribution >= 0.6 is 0 Å². The number of fused-ring (bicyclic) bond motifs is 1. The second-order valence-electron chi connectivity index (χ2n) is 7.10. The lowest BCUT2D eigenvalue weighted by molar-refractivity contribution is -0.146. The van der Waals surface area contributed by atoms with Crippen molar-refractivity contribution in [2.75, 3.05) is 11.9 Å². The number of hydrogen-bond acceptors (Lipinski definition) is 5. The van der Waals surface area contributed by atoms with Crippen molar-refractivity contribution in [1.29, 1.82) is 0 Å². The Morgan fingerprint density at radius 2 is 2.19 bits per heavy atom. The summed E-state index contributed by atoms with van der Waals surface area (Å²) in [7, 11) is 0. The van der Waals surface area contributed by atoms with Crippen LogP contribution < -0.4 is 5.32 Å². The molecule has 1 saturated carbocycles. The van der Waals surface area contributed by atoms with E-state index in [-0.39, 0.29) is 24.3 Å². The number of nitrogens with one attached hydrogen (secondary N) is 1. The number of nitrogens with zero attached hydrogens (tertiary/aromatic N) is 3. The van der Waals surface area contributed by atoms with Crippen LogP contribution in [0.3, 0.4) is 0 Å². The quantitative estimate of drug-likeness (QED) is 0.657. The number of benzene rings is 1. The van der Waals surface area contributed by atoms with Crippen LogP contribution in [0.1, 0.15) is 18.4 Å². The van der Waals surface area contributed by atoms with Gasteiger partial charge in [-0.05, 0) is 37.0 Å². The van der Waals surface area contributed by atoms with E-state index in [2.05, 4.69) is 22.0 Å². The lowest BCUT2D eigenvalue weighted by Gasteiger charge is -2.24. The van der Waals surface area contributed by atoms with Gasteiger partial charge in [-0.2, -0.15) is 5.10 Å². The first-order valence-corrected chi connectivity index (χ1v) is 8.60. The lowest BCUT2D eigenvalue weighted by Crippen LogP contribution is -2.31. The summed E-state index contributed by atoms with van der Waals surface area (Å²) in [5.41, 5.74) is 2.42. The Kier molecular flexibility index (Phi) is 4.06. The Balaban J connectivity index is 1.42. The van der Waals surface area contributed by atoms with E-state index in [9.17, 15) is 9.59 Å². The number of rotatable bonds is 5. The molecule has 2 aromatic rings. The molecule has 4 rings (SSSR count). The predicted molar refractivity (Wildman–Crippen MR) is 94.1 cm³/mol. The summed E-state index contributed by atoms with van der Waals surface area (Å²) in [4.78, 5) is 28.2. The Hall–Kier alpha value is -2.96. The van der Waals surface area contributed by atoms with Crippen molar-refractivity contribution in [2.45, 2.75) is 25.8 Å². The zero-order valence-electron chi connectivity index (χ0n) is 14.4. The molecule has 2 aliphatic rings. The van der Waals surface area contributed by atoms with E-state index in [1.54, 1.807) is 0 Å². The van der Waals surface area contributed by atoms with Crippen molar-refractivity contribution in [3.05, 3.63) is 54.6 Å². The third-order valence-corrected chi connectivity index (χ3v) is 5.23. The predicted octanol–water partition coefficient (Wildman–Crippen LogP) is 1.97. The van der Waals surface area contributed by atoms with Gasteiger partial charge in [0, 0.05) is 11.6 Å². The van der Waals surface area contributed by atoms with E-state index in [0.29, 0.717) is 25.1 Å². The molecule has 1 aromatic heterocycles. The highest BCUT2D eigenvalue weighted by molar-refractivity contribution is 5.90. The van der Waals surface area contributed by atoms with Gasteiger partial charge >= 0.3 is 5.97 Å². The Bertz CT molecular complexity index is 844. The fourth-order valence-electron chi connectivity index (χ4n) is 3.99. The number of cyclic esters (lactones) is 1. The fraction of sp³-hybridized carbons (Fsp3) is 0.368. The summed E-state index contributed by atoms with van der Waals surface area (Å²) < 4.78 is 6.78. The van der Waals surface area contributed by atoms with Crippen molar-refractivity contribution < 1.29 is 14.3 Å². The molecule has 1 saturated heterocycles. The molecule has 2 fully saturated rings. The molecule has 7 nitrogen and oxygen atoms in total. The molecule has 1 aromatic carbocycles. The van der Waals surface area contributed by atoms with Crippen molar-refractivity contribution >= 4 is 17.6 Å². The van der Waals surface area contributed by atoms with Crippen molar-refractivity contribution in [2.24, 2.45) is 11.3 Å². The van der Waals surface area contributed by atoms with Gasteiger partial charge in [0.25, 0.3) is 0 Å². The Morgan fingerprint density at radius 3 is 2.92 bits per heavy atom. The molecule has 2 unspecified atom stereocenters. The summed E-state index contributed by atoms with van der Waals surface area (Å²) in [6, 6.07) is 7.60. The second kappa shape index (κ2) is 6.40. The highest BCUT2D eigenvalue weighted by Gasteiger charge is 2.55. The van der Waals surface area contributed by atoms with Gasteiger partial charge in [0.05, 0.1) is 12.0 Å². The molecule has 0 spiro atoms. The van der Waals surface area contributed by atoms with Crippen LogP contribution in [-0.4, -0.2) is 33.2 Å². The molecule has 26 heavy (non-hydrogen) atoms. The van der Waals surface area contributed by atoms with Crippen LogP contribution in [0, 0.1) is 11.3 Å². The number of anilines is 1. The minimum absolute atomic E-state index is 0.105.